The minimum absolute atomic E-state index is 0.356. The number of hydrogen-bond donors (Lipinski definition) is 1. The van der Waals surface area contributed by atoms with E-state index in [-0.39, 0.29) is 0 Å². The van der Waals surface area contributed by atoms with Gasteiger partial charge < -0.3 is 5.11 Å². The molecule has 1 heterocycles. The summed E-state index contributed by atoms with van der Waals surface area (Å²) in [5.41, 5.74) is 0.643. The number of aliphatic hydroxyl groups excluding tert-OH is 1. The molecule has 0 aliphatic carbocycles. The number of benzene rings is 1. The average molecular weight is 223 g/mol. The fourth-order valence-electron chi connectivity index (χ4n) is 2.12. The van der Waals surface area contributed by atoms with Gasteiger partial charge in [0.1, 0.15) is 6.04 Å². The van der Waals surface area contributed by atoms with Gasteiger partial charge in [0.25, 0.3) is 0 Å². The number of β-amino-alcohol motifs (C(OH)–C–C–N with tert-alkyl or cyclic N) is 1. The highest BCUT2D eigenvalue weighted by molar-refractivity contribution is 5.76. The molecule has 4 heteroatoms. The van der Waals surface area contributed by atoms with Gasteiger partial charge in [-0.2, -0.15) is 4.39 Å². The van der Waals surface area contributed by atoms with Crippen LogP contribution in [0.5, 0.6) is 0 Å². The molecule has 86 valence electrons. The fourth-order valence-corrected chi connectivity index (χ4v) is 2.12. The second kappa shape index (κ2) is 4.72. The molecule has 0 saturated carbocycles. The number of aliphatic hydroxyl groups is 1. The zero-order chi connectivity index (χ0) is 11.5. The molecule has 0 spiro atoms. The van der Waals surface area contributed by atoms with Crippen LogP contribution in [0.4, 0.5) is 4.39 Å². The van der Waals surface area contributed by atoms with Crippen LogP contribution in [0.3, 0.4) is 0 Å². The number of halogens is 1. The molecule has 16 heavy (non-hydrogen) atoms. The second-order valence-corrected chi connectivity index (χ2v) is 4.05. The quantitative estimate of drug-likeness (QED) is 0.785. The van der Waals surface area contributed by atoms with Crippen molar-refractivity contribution >= 4 is 6.04 Å². The Kier molecular flexibility index (Phi) is 3.31. The van der Waals surface area contributed by atoms with E-state index in [4.69, 9.17) is 0 Å². The maximum Gasteiger partial charge on any atom is 0.323 e. The third-order valence-corrected chi connectivity index (χ3v) is 2.89. The number of rotatable bonds is 3. The molecule has 0 aromatic heterocycles. The van der Waals surface area contributed by atoms with Gasteiger partial charge in [-0.15, -0.1) is 0 Å². The van der Waals surface area contributed by atoms with Crippen molar-refractivity contribution in [3.63, 3.8) is 0 Å². The third-order valence-electron chi connectivity index (χ3n) is 2.89. The topological polar surface area (TPSA) is 40.5 Å². The molecule has 1 aliphatic rings. The first-order valence-corrected chi connectivity index (χ1v) is 5.35. The van der Waals surface area contributed by atoms with Gasteiger partial charge in [-0.3, -0.25) is 9.69 Å². The van der Waals surface area contributed by atoms with E-state index in [2.05, 4.69) is 0 Å². The van der Waals surface area contributed by atoms with E-state index < -0.39 is 18.2 Å². The number of hydrogen-bond acceptors (Lipinski definition) is 3. The zero-order valence-electron chi connectivity index (χ0n) is 8.84. The lowest BCUT2D eigenvalue weighted by atomic mass is 10.1. The molecule has 0 amide bonds. The highest BCUT2D eigenvalue weighted by atomic mass is 19.1. The van der Waals surface area contributed by atoms with Crippen LogP contribution >= 0.6 is 0 Å². The van der Waals surface area contributed by atoms with Gasteiger partial charge in [-0.1, -0.05) is 30.3 Å². The molecular formula is C12H14FNO2. The first-order chi connectivity index (χ1) is 7.68. The molecule has 3 nitrogen and oxygen atoms in total. The summed E-state index contributed by atoms with van der Waals surface area (Å²) >= 11 is 0. The molecule has 1 saturated heterocycles. The Balaban J connectivity index is 2.21. The minimum atomic E-state index is -1.36. The molecule has 1 aromatic rings. The van der Waals surface area contributed by atoms with E-state index in [1.807, 2.05) is 6.07 Å². The van der Waals surface area contributed by atoms with Crippen molar-refractivity contribution < 1.29 is 14.3 Å². The molecule has 1 N–H and O–H groups in total. The third kappa shape index (κ3) is 2.28. The van der Waals surface area contributed by atoms with Crippen LogP contribution in [0.25, 0.3) is 0 Å². The van der Waals surface area contributed by atoms with E-state index in [0.717, 1.165) is 0 Å². The van der Waals surface area contributed by atoms with Gasteiger partial charge in [0.2, 0.25) is 0 Å². The van der Waals surface area contributed by atoms with Gasteiger partial charge in [0.15, 0.2) is 0 Å². The van der Waals surface area contributed by atoms with E-state index in [9.17, 15) is 14.3 Å². The van der Waals surface area contributed by atoms with Crippen molar-refractivity contribution in [1.29, 1.82) is 0 Å². The number of likely N-dealkylation sites (tertiary alicyclic amines) is 1. The van der Waals surface area contributed by atoms with Crippen molar-refractivity contribution in [2.75, 3.05) is 13.1 Å². The van der Waals surface area contributed by atoms with Crippen molar-refractivity contribution in [3.05, 3.63) is 35.9 Å². The summed E-state index contributed by atoms with van der Waals surface area (Å²) in [6, 6.07) is 6.61. The Morgan fingerprint density at radius 2 is 2.12 bits per heavy atom. The Labute approximate surface area is 93.5 Å². The van der Waals surface area contributed by atoms with E-state index in [0.29, 0.717) is 25.1 Å². The lowest BCUT2D eigenvalue weighted by molar-refractivity contribution is -0.135. The van der Waals surface area contributed by atoms with Crippen molar-refractivity contribution in [3.8, 4) is 0 Å². The van der Waals surface area contributed by atoms with Gasteiger partial charge in [0.05, 0.1) is 6.10 Å². The Morgan fingerprint density at radius 3 is 2.62 bits per heavy atom. The molecule has 1 aromatic carbocycles. The highest BCUT2D eigenvalue weighted by Gasteiger charge is 2.32. The summed E-state index contributed by atoms with van der Waals surface area (Å²) < 4.78 is 13.1. The molecule has 1 unspecified atom stereocenters. The van der Waals surface area contributed by atoms with E-state index in [1.165, 1.54) is 0 Å². The SMILES string of the molecule is O=C(F)C(c1ccccc1)N1CC[C@H](O)C1. The van der Waals surface area contributed by atoms with Crippen molar-refractivity contribution in [2.45, 2.75) is 18.6 Å². The molecule has 0 bridgehead atoms. The van der Waals surface area contributed by atoms with Crippen LogP contribution in [0.2, 0.25) is 0 Å². The molecule has 0 radical (unpaired) electrons. The summed E-state index contributed by atoms with van der Waals surface area (Å²) in [5.74, 6) is 0. The maximum absolute atomic E-state index is 13.1. The van der Waals surface area contributed by atoms with Gasteiger partial charge in [-0.25, -0.2) is 0 Å². The monoisotopic (exact) mass is 223 g/mol. The lowest BCUT2D eigenvalue weighted by Crippen LogP contribution is -2.31. The van der Waals surface area contributed by atoms with Crippen LogP contribution in [0.15, 0.2) is 30.3 Å². The molecule has 2 atom stereocenters. The lowest BCUT2D eigenvalue weighted by Gasteiger charge is -2.23. The van der Waals surface area contributed by atoms with E-state index >= 15 is 0 Å². The molecule has 2 rings (SSSR count). The number of carbonyl (C=O) groups excluding carboxylic acids is 1. The maximum atomic E-state index is 13.1. The van der Waals surface area contributed by atoms with Gasteiger partial charge in [0, 0.05) is 13.1 Å². The summed E-state index contributed by atoms with van der Waals surface area (Å²) in [4.78, 5) is 12.7. The van der Waals surface area contributed by atoms with Gasteiger partial charge in [-0.05, 0) is 12.0 Å². The first kappa shape index (κ1) is 11.2. The van der Waals surface area contributed by atoms with Gasteiger partial charge >= 0.3 is 6.04 Å². The standard InChI is InChI=1S/C12H14FNO2/c13-12(16)11(9-4-2-1-3-5-9)14-7-6-10(15)8-14/h1-5,10-11,15H,6-8H2/t10-,11?/m0/s1. The summed E-state index contributed by atoms with van der Waals surface area (Å²) in [6.45, 7) is 0.908. The number of carbonyl (C=O) groups is 1. The Bertz CT molecular complexity index is 369. The van der Waals surface area contributed by atoms with Crippen LogP contribution in [0.1, 0.15) is 18.0 Å². The van der Waals surface area contributed by atoms with Crippen LogP contribution in [-0.2, 0) is 4.79 Å². The summed E-state index contributed by atoms with van der Waals surface area (Å²) in [7, 11) is 0. The second-order valence-electron chi connectivity index (χ2n) is 4.05. The van der Waals surface area contributed by atoms with Crippen LogP contribution in [-0.4, -0.2) is 35.2 Å². The number of nitrogens with zero attached hydrogens (tertiary/aromatic N) is 1. The van der Waals surface area contributed by atoms with Crippen LogP contribution in [0, 0.1) is 0 Å². The predicted octanol–water partition coefficient (Wildman–Crippen LogP) is 1.29. The Hall–Kier alpha value is -1.26. The molecule has 1 aliphatic heterocycles. The van der Waals surface area contributed by atoms with Crippen LogP contribution < -0.4 is 0 Å². The fraction of sp³-hybridized carbons (Fsp3) is 0.417. The van der Waals surface area contributed by atoms with Crippen molar-refractivity contribution in [1.82, 2.24) is 4.90 Å². The average Bonchev–Trinajstić information content (AvgIpc) is 2.66. The van der Waals surface area contributed by atoms with Crippen molar-refractivity contribution in [2.24, 2.45) is 0 Å². The smallest absolute Gasteiger partial charge is 0.323 e. The zero-order valence-corrected chi connectivity index (χ0v) is 8.84. The normalized spacial score (nSPS) is 23.2. The summed E-state index contributed by atoms with van der Waals surface area (Å²) in [6.07, 6.45) is 0.141. The summed E-state index contributed by atoms with van der Waals surface area (Å²) in [5, 5.41) is 9.40. The first-order valence-electron chi connectivity index (χ1n) is 5.35. The minimum Gasteiger partial charge on any atom is -0.392 e. The van der Waals surface area contributed by atoms with E-state index in [1.54, 1.807) is 29.2 Å². The Morgan fingerprint density at radius 1 is 1.44 bits per heavy atom. The predicted molar refractivity (Wildman–Crippen MR) is 57.5 cm³/mol. The highest BCUT2D eigenvalue weighted by Crippen LogP contribution is 2.26. The molecular weight excluding hydrogens is 209 g/mol. The molecule has 1 fully saturated rings. The largest absolute Gasteiger partial charge is 0.392 e.